The molecule has 0 spiro atoms. The Kier molecular flexibility index (Phi) is 3.78. The second-order valence-electron chi connectivity index (χ2n) is 3.52. The normalized spacial score (nSPS) is 10.3. The molecule has 18 heavy (non-hydrogen) atoms. The third-order valence-electron chi connectivity index (χ3n) is 2.16. The van der Waals surface area contributed by atoms with Gasteiger partial charge in [0.05, 0.1) is 15.6 Å². The average Bonchev–Trinajstić information content (AvgIpc) is 2.73. The molecule has 0 bridgehead atoms. The van der Waals surface area contributed by atoms with Gasteiger partial charge in [-0.05, 0) is 19.1 Å². The smallest absolute Gasteiger partial charge is 0.312 e. The first-order chi connectivity index (χ1) is 8.56. The van der Waals surface area contributed by atoms with E-state index < -0.39 is 4.92 Å². The number of hydrogen-bond donors (Lipinski definition) is 0. The van der Waals surface area contributed by atoms with Gasteiger partial charge in [-0.1, -0.05) is 11.6 Å². The van der Waals surface area contributed by atoms with Gasteiger partial charge in [0.2, 0.25) is 0 Å². The second-order valence-corrected chi connectivity index (χ2v) is 5.01. The largest absolute Gasteiger partial charge is 0.480 e. The van der Waals surface area contributed by atoms with Crippen LogP contribution in [0.4, 0.5) is 5.69 Å². The van der Waals surface area contributed by atoms with E-state index in [1.165, 1.54) is 23.5 Å². The number of thiazole rings is 1. The molecule has 5 nitrogen and oxygen atoms in total. The van der Waals surface area contributed by atoms with Crippen LogP contribution in [0.5, 0.6) is 5.75 Å². The minimum absolute atomic E-state index is 0.144. The molecule has 0 aliphatic rings. The molecule has 0 aliphatic heterocycles. The summed E-state index contributed by atoms with van der Waals surface area (Å²) >= 11 is 7.22. The SMILES string of the molecule is Cc1nc(COc2ccc(Cl)cc2[N+](=O)[O-])cs1. The van der Waals surface area contributed by atoms with E-state index in [-0.39, 0.29) is 18.0 Å². The molecular formula is C11H9ClN2O3S. The monoisotopic (exact) mass is 284 g/mol. The van der Waals surface area contributed by atoms with E-state index in [2.05, 4.69) is 4.98 Å². The summed E-state index contributed by atoms with van der Waals surface area (Å²) in [4.78, 5) is 14.5. The lowest BCUT2D eigenvalue weighted by atomic mass is 10.3. The van der Waals surface area contributed by atoms with Crippen LogP contribution in [0.3, 0.4) is 0 Å². The van der Waals surface area contributed by atoms with Crippen molar-refractivity contribution in [3.63, 3.8) is 0 Å². The van der Waals surface area contributed by atoms with E-state index in [9.17, 15) is 10.1 Å². The van der Waals surface area contributed by atoms with Crippen LogP contribution in [0.15, 0.2) is 23.6 Å². The number of hydrogen-bond acceptors (Lipinski definition) is 5. The lowest BCUT2D eigenvalue weighted by Crippen LogP contribution is -1.99. The highest BCUT2D eigenvalue weighted by molar-refractivity contribution is 7.09. The number of aromatic nitrogens is 1. The zero-order valence-electron chi connectivity index (χ0n) is 9.42. The van der Waals surface area contributed by atoms with Crippen molar-refractivity contribution in [3.05, 3.63) is 49.4 Å². The van der Waals surface area contributed by atoms with Crippen molar-refractivity contribution in [3.8, 4) is 5.75 Å². The van der Waals surface area contributed by atoms with E-state index in [0.29, 0.717) is 5.02 Å². The zero-order valence-corrected chi connectivity index (χ0v) is 11.0. The molecule has 0 N–H and O–H groups in total. The van der Waals surface area contributed by atoms with E-state index in [1.54, 1.807) is 6.07 Å². The van der Waals surface area contributed by atoms with Gasteiger partial charge in [-0.2, -0.15) is 0 Å². The van der Waals surface area contributed by atoms with Crippen molar-refractivity contribution >= 4 is 28.6 Å². The predicted molar refractivity (Wildman–Crippen MR) is 69.3 cm³/mol. The van der Waals surface area contributed by atoms with Gasteiger partial charge in [0.1, 0.15) is 6.61 Å². The fourth-order valence-corrected chi connectivity index (χ4v) is 2.15. The first-order valence-corrected chi connectivity index (χ1v) is 6.30. The molecular weight excluding hydrogens is 276 g/mol. The lowest BCUT2D eigenvalue weighted by molar-refractivity contribution is -0.385. The van der Waals surface area contributed by atoms with E-state index in [4.69, 9.17) is 16.3 Å². The molecule has 94 valence electrons. The molecule has 1 aromatic carbocycles. The molecule has 0 radical (unpaired) electrons. The number of rotatable bonds is 4. The first-order valence-electron chi connectivity index (χ1n) is 5.04. The fourth-order valence-electron chi connectivity index (χ4n) is 1.38. The molecule has 0 atom stereocenters. The lowest BCUT2D eigenvalue weighted by Gasteiger charge is -2.05. The Hall–Kier alpha value is -1.66. The van der Waals surface area contributed by atoms with Gasteiger partial charge in [-0.15, -0.1) is 11.3 Å². The maximum Gasteiger partial charge on any atom is 0.312 e. The Labute approximate surface area is 112 Å². The fraction of sp³-hybridized carbons (Fsp3) is 0.182. The minimum Gasteiger partial charge on any atom is -0.480 e. The van der Waals surface area contributed by atoms with Crippen LogP contribution in [0, 0.1) is 17.0 Å². The van der Waals surface area contributed by atoms with Crippen LogP contribution in [0.25, 0.3) is 0 Å². The Morgan fingerprint density at radius 1 is 1.56 bits per heavy atom. The third kappa shape index (κ3) is 2.96. The molecule has 1 aromatic heterocycles. The van der Waals surface area contributed by atoms with Crippen molar-refractivity contribution in [2.24, 2.45) is 0 Å². The molecule has 2 rings (SSSR count). The number of benzene rings is 1. The van der Waals surface area contributed by atoms with Crippen LogP contribution in [-0.4, -0.2) is 9.91 Å². The van der Waals surface area contributed by atoms with Gasteiger partial charge in [0, 0.05) is 16.5 Å². The van der Waals surface area contributed by atoms with Gasteiger partial charge >= 0.3 is 5.69 Å². The number of aryl methyl sites for hydroxylation is 1. The van der Waals surface area contributed by atoms with Crippen molar-refractivity contribution < 1.29 is 9.66 Å². The summed E-state index contributed by atoms with van der Waals surface area (Å²) in [6.45, 7) is 2.09. The summed E-state index contributed by atoms with van der Waals surface area (Å²) < 4.78 is 5.40. The molecule has 0 fully saturated rings. The predicted octanol–water partition coefficient (Wildman–Crippen LogP) is 3.59. The summed E-state index contributed by atoms with van der Waals surface area (Å²) in [7, 11) is 0. The van der Waals surface area contributed by atoms with E-state index >= 15 is 0 Å². The van der Waals surface area contributed by atoms with E-state index in [0.717, 1.165) is 10.7 Å². The maximum atomic E-state index is 10.8. The van der Waals surface area contributed by atoms with Crippen LogP contribution < -0.4 is 4.74 Å². The average molecular weight is 285 g/mol. The summed E-state index contributed by atoms with van der Waals surface area (Å²) in [5.41, 5.74) is 0.608. The van der Waals surface area contributed by atoms with Crippen LogP contribution in [-0.2, 0) is 6.61 Å². The summed E-state index contributed by atoms with van der Waals surface area (Å²) in [5.74, 6) is 0.190. The second kappa shape index (κ2) is 5.32. The van der Waals surface area contributed by atoms with Gasteiger partial charge in [-0.3, -0.25) is 10.1 Å². The summed E-state index contributed by atoms with van der Waals surface area (Å²) in [6.07, 6.45) is 0. The van der Waals surface area contributed by atoms with Crippen LogP contribution in [0.1, 0.15) is 10.7 Å². The summed E-state index contributed by atoms with van der Waals surface area (Å²) in [5, 5.41) is 13.9. The van der Waals surface area contributed by atoms with Crippen molar-refractivity contribution in [2.45, 2.75) is 13.5 Å². The Balaban J connectivity index is 2.16. The number of nitro benzene ring substituents is 1. The Morgan fingerprint density at radius 2 is 2.33 bits per heavy atom. The third-order valence-corrected chi connectivity index (χ3v) is 3.22. The molecule has 7 heteroatoms. The van der Waals surface area contributed by atoms with Gasteiger partial charge in [-0.25, -0.2) is 4.98 Å². The van der Waals surface area contributed by atoms with Gasteiger partial charge < -0.3 is 4.74 Å². The highest BCUT2D eigenvalue weighted by atomic mass is 35.5. The molecule has 0 saturated heterocycles. The van der Waals surface area contributed by atoms with Crippen molar-refractivity contribution in [1.82, 2.24) is 4.98 Å². The molecule has 0 unspecified atom stereocenters. The van der Waals surface area contributed by atoms with E-state index in [1.807, 2.05) is 12.3 Å². The molecule has 0 saturated carbocycles. The Bertz CT molecular complexity index is 585. The molecule has 0 aliphatic carbocycles. The number of ether oxygens (including phenoxy) is 1. The maximum absolute atomic E-state index is 10.8. The highest BCUT2D eigenvalue weighted by Gasteiger charge is 2.16. The minimum atomic E-state index is -0.520. The topological polar surface area (TPSA) is 65.3 Å². The number of nitrogens with zero attached hydrogens (tertiary/aromatic N) is 2. The molecule has 0 amide bonds. The quantitative estimate of drug-likeness (QED) is 0.635. The van der Waals surface area contributed by atoms with Crippen LogP contribution >= 0.6 is 22.9 Å². The van der Waals surface area contributed by atoms with Gasteiger partial charge in [0.15, 0.2) is 5.75 Å². The summed E-state index contributed by atoms with van der Waals surface area (Å²) in [6, 6.07) is 4.30. The number of nitro groups is 1. The Morgan fingerprint density at radius 3 is 2.94 bits per heavy atom. The van der Waals surface area contributed by atoms with Gasteiger partial charge in [0.25, 0.3) is 0 Å². The highest BCUT2D eigenvalue weighted by Crippen LogP contribution is 2.30. The van der Waals surface area contributed by atoms with Crippen LogP contribution in [0.2, 0.25) is 5.02 Å². The standard InChI is InChI=1S/C11H9ClN2O3S/c1-7-13-9(6-18-7)5-17-11-3-2-8(12)4-10(11)14(15)16/h2-4,6H,5H2,1H3. The van der Waals surface area contributed by atoms with Crippen molar-refractivity contribution in [1.29, 1.82) is 0 Å². The molecule has 1 heterocycles. The molecule has 2 aromatic rings. The number of halogens is 1. The van der Waals surface area contributed by atoms with Crippen molar-refractivity contribution in [2.75, 3.05) is 0 Å². The first kappa shape index (κ1) is 12.8. The zero-order chi connectivity index (χ0) is 13.1.